The van der Waals surface area contributed by atoms with Gasteiger partial charge in [0, 0.05) is 14.8 Å². The van der Waals surface area contributed by atoms with Gasteiger partial charge in [-0.1, -0.05) is 29.4 Å². The molecule has 0 unspecified atom stereocenters. The fraction of sp³-hybridized carbons (Fsp3) is 0.143. The smallest absolute Gasteiger partial charge is 0.120 e. The Morgan fingerprint density at radius 2 is 1.89 bits per heavy atom. The molecule has 2 rings (SSSR count). The summed E-state index contributed by atoms with van der Waals surface area (Å²) in [5.41, 5.74) is 0.885. The summed E-state index contributed by atoms with van der Waals surface area (Å²) in [6.45, 7) is 0.0138. The molecule has 0 aliphatic rings. The van der Waals surface area contributed by atoms with E-state index in [2.05, 4.69) is 0 Å². The summed E-state index contributed by atoms with van der Waals surface area (Å²) >= 11 is 7.43. The molecule has 0 fully saturated rings. The van der Waals surface area contributed by atoms with Gasteiger partial charge in [0.15, 0.2) is 0 Å². The van der Waals surface area contributed by atoms with Crippen molar-refractivity contribution in [3.8, 4) is 5.75 Å². The topological polar surface area (TPSA) is 29.5 Å². The van der Waals surface area contributed by atoms with Crippen LogP contribution in [0.15, 0.2) is 52.3 Å². The molecule has 0 heterocycles. The summed E-state index contributed by atoms with van der Waals surface area (Å²) < 4.78 is 5.20. The fourth-order valence-electron chi connectivity index (χ4n) is 1.52. The van der Waals surface area contributed by atoms with Crippen molar-refractivity contribution in [2.75, 3.05) is 7.11 Å². The molecule has 0 spiro atoms. The van der Waals surface area contributed by atoms with E-state index in [-0.39, 0.29) is 6.61 Å². The maximum atomic E-state index is 9.33. The predicted molar refractivity (Wildman–Crippen MR) is 74.5 cm³/mol. The monoisotopic (exact) mass is 280 g/mol. The first kappa shape index (κ1) is 13.3. The number of halogens is 1. The van der Waals surface area contributed by atoms with Gasteiger partial charge in [-0.05, 0) is 42.0 Å². The van der Waals surface area contributed by atoms with Crippen molar-refractivity contribution in [1.29, 1.82) is 0 Å². The van der Waals surface area contributed by atoms with Crippen molar-refractivity contribution in [1.82, 2.24) is 0 Å². The molecule has 0 aliphatic carbocycles. The van der Waals surface area contributed by atoms with E-state index in [1.807, 2.05) is 42.5 Å². The Kier molecular flexibility index (Phi) is 4.53. The summed E-state index contributed by atoms with van der Waals surface area (Å²) in [4.78, 5) is 2.06. The summed E-state index contributed by atoms with van der Waals surface area (Å²) in [5, 5.41) is 10.0. The molecule has 2 aromatic rings. The Morgan fingerprint density at radius 1 is 1.17 bits per heavy atom. The molecule has 0 bridgehead atoms. The van der Waals surface area contributed by atoms with E-state index in [4.69, 9.17) is 16.3 Å². The van der Waals surface area contributed by atoms with Gasteiger partial charge in [0.2, 0.25) is 0 Å². The molecule has 0 saturated heterocycles. The van der Waals surface area contributed by atoms with E-state index in [0.29, 0.717) is 5.02 Å². The average molecular weight is 281 g/mol. The second-order valence-electron chi connectivity index (χ2n) is 3.69. The minimum Gasteiger partial charge on any atom is -0.497 e. The lowest BCUT2D eigenvalue weighted by atomic mass is 10.2. The molecule has 2 nitrogen and oxygen atoms in total. The molecular weight excluding hydrogens is 268 g/mol. The molecule has 4 heteroatoms. The summed E-state index contributed by atoms with van der Waals surface area (Å²) in [7, 11) is 1.63. The highest BCUT2D eigenvalue weighted by Crippen LogP contribution is 2.33. The zero-order chi connectivity index (χ0) is 13.0. The molecule has 0 aliphatic heterocycles. The van der Waals surface area contributed by atoms with Gasteiger partial charge >= 0.3 is 0 Å². The Balaban J connectivity index is 2.29. The number of hydrogen-bond acceptors (Lipinski definition) is 3. The number of methoxy groups -OCH3 is 1. The van der Waals surface area contributed by atoms with Crippen LogP contribution in [0.25, 0.3) is 0 Å². The minimum absolute atomic E-state index is 0.0138. The Morgan fingerprint density at radius 3 is 2.50 bits per heavy atom. The summed E-state index contributed by atoms with van der Waals surface area (Å²) in [6, 6.07) is 13.2. The maximum absolute atomic E-state index is 9.33. The Hall–Kier alpha value is -1.16. The second-order valence-corrected chi connectivity index (χ2v) is 5.24. The standard InChI is InChI=1S/C14H13ClO2S/c1-17-12-5-2-10(9-16)14(8-12)18-13-6-3-11(15)4-7-13/h2-8,16H,9H2,1H3. The number of ether oxygens (including phenoxy) is 1. The van der Waals surface area contributed by atoms with E-state index in [1.54, 1.807) is 18.9 Å². The van der Waals surface area contributed by atoms with Gasteiger partial charge in [-0.2, -0.15) is 0 Å². The third-order valence-electron chi connectivity index (χ3n) is 2.49. The van der Waals surface area contributed by atoms with E-state index in [1.165, 1.54) is 0 Å². The maximum Gasteiger partial charge on any atom is 0.120 e. The van der Waals surface area contributed by atoms with Crippen molar-refractivity contribution in [3.05, 3.63) is 53.1 Å². The lowest BCUT2D eigenvalue weighted by molar-refractivity contribution is 0.278. The van der Waals surface area contributed by atoms with Crippen molar-refractivity contribution in [3.63, 3.8) is 0 Å². The molecule has 0 saturated carbocycles. The van der Waals surface area contributed by atoms with Crippen molar-refractivity contribution >= 4 is 23.4 Å². The Labute approximate surface area is 116 Å². The quantitative estimate of drug-likeness (QED) is 0.918. The molecule has 1 N–H and O–H groups in total. The van der Waals surface area contributed by atoms with Crippen molar-refractivity contribution in [2.45, 2.75) is 16.4 Å². The van der Waals surface area contributed by atoms with Crippen LogP contribution in [0.2, 0.25) is 5.02 Å². The molecule has 0 atom stereocenters. The van der Waals surface area contributed by atoms with E-state index in [9.17, 15) is 5.11 Å². The molecule has 0 amide bonds. The van der Waals surface area contributed by atoms with Gasteiger partial charge in [0.1, 0.15) is 5.75 Å². The zero-order valence-corrected chi connectivity index (χ0v) is 11.5. The van der Waals surface area contributed by atoms with Crippen molar-refractivity contribution < 1.29 is 9.84 Å². The predicted octanol–water partition coefficient (Wildman–Crippen LogP) is 3.99. The van der Waals surface area contributed by atoms with Crippen LogP contribution in [-0.2, 0) is 6.61 Å². The highest BCUT2D eigenvalue weighted by atomic mass is 35.5. The Bertz CT molecular complexity index is 526. The summed E-state index contributed by atoms with van der Waals surface area (Å²) in [5.74, 6) is 0.781. The van der Waals surface area contributed by atoms with Crippen LogP contribution in [0.5, 0.6) is 5.75 Å². The molecule has 0 aromatic heterocycles. The lowest BCUT2D eigenvalue weighted by Gasteiger charge is -2.09. The number of aliphatic hydroxyl groups excluding tert-OH is 1. The van der Waals surface area contributed by atoms with Gasteiger partial charge in [-0.3, -0.25) is 0 Å². The third kappa shape index (κ3) is 3.19. The number of benzene rings is 2. The van der Waals surface area contributed by atoms with Crippen LogP contribution in [0, 0.1) is 0 Å². The highest BCUT2D eigenvalue weighted by Gasteiger charge is 2.06. The molecule has 18 heavy (non-hydrogen) atoms. The first-order valence-corrected chi connectivity index (χ1v) is 6.63. The highest BCUT2D eigenvalue weighted by molar-refractivity contribution is 7.99. The van der Waals surface area contributed by atoms with Gasteiger partial charge < -0.3 is 9.84 Å². The van der Waals surface area contributed by atoms with Crippen LogP contribution in [-0.4, -0.2) is 12.2 Å². The SMILES string of the molecule is COc1ccc(CO)c(Sc2ccc(Cl)cc2)c1. The van der Waals surface area contributed by atoms with E-state index in [0.717, 1.165) is 21.1 Å². The number of hydrogen-bond donors (Lipinski definition) is 1. The first-order valence-electron chi connectivity index (χ1n) is 5.44. The number of aliphatic hydroxyl groups is 1. The molecule has 2 aromatic carbocycles. The van der Waals surface area contributed by atoms with Gasteiger partial charge in [0.25, 0.3) is 0 Å². The van der Waals surface area contributed by atoms with Crippen LogP contribution in [0.4, 0.5) is 0 Å². The van der Waals surface area contributed by atoms with Crippen LogP contribution in [0.1, 0.15) is 5.56 Å². The summed E-state index contributed by atoms with van der Waals surface area (Å²) in [6.07, 6.45) is 0. The van der Waals surface area contributed by atoms with Gasteiger partial charge in [-0.25, -0.2) is 0 Å². The van der Waals surface area contributed by atoms with Crippen LogP contribution >= 0.6 is 23.4 Å². The molecule has 0 radical (unpaired) electrons. The van der Waals surface area contributed by atoms with Crippen LogP contribution in [0.3, 0.4) is 0 Å². The van der Waals surface area contributed by atoms with Crippen molar-refractivity contribution in [2.24, 2.45) is 0 Å². The normalized spacial score (nSPS) is 10.4. The van der Waals surface area contributed by atoms with E-state index >= 15 is 0 Å². The third-order valence-corrected chi connectivity index (χ3v) is 3.85. The minimum atomic E-state index is 0.0138. The van der Waals surface area contributed by atoms with Gasteiger partial charge in [-0.15, -0.1) is 0 Å². The average Bonchev–Trinajstić information content (AvgIpc) is 2.41. The molecule has 94 valence electrons. The van der Waals surface area contributed by atoms with Crippen LogP contribution < -0.4 is 4.74 Å². The van der Waals surface area contributed by atoms with E-state index < -0.39 is 0 Å². The number of rotatable bonds is 4. The van der Waals surface area contributed by atoms with Gasteiger partial charge in [0.05, 0.1) is 13.7 Å². The molecular formula is C14H13ClO2S. The first-order chi connectivity index (χ1) is 8.72. The second kappa shape index (κ2) is 6.14. The largest absolute Gasteiger partial charge is 0.497 e. The lowest BCUT2D eigenvalue weighted by Crippen LogP contribution is -1.90. The zero-order valence-electron chi connectivity index (χ0n) is 9.89. The fourth-order valence-corrected chi connectivity index (χ4v) is 2.61.